The molecule has 3 heteroatoms. The van der Waals surface area contributed by atoms with Gasteiger partial charge in [-0.05, 0) is 49.3 Å². The molecule has 1 heterocycles. The van der Waals surface area contributed by atoms with Gasteiger partial charge in [-0.3, -0.25) is 9.59 Å². The van der Waals surface area contributed by atoms with Crippen LogP contribution in [0.4, 0.5) is 0 Å². The van der Waals surface area contributed by atoms with Crippen molar-refractivity contribution in [2.24, 2.45) is 0 Å². The molecule has 1 atom stereocenters. The van der Waals surface area contributed by atoms with Crippen molar-refractivity contribution >= 4 is 11.7 Å². The van der Waals surface area contributed by atoms with Gasteiger partial charge in [0.2, 0.25) is 5.91 Å². The van der Waals surface area contributed by atoms with Gasteiger partial charge < -0.3 is 5.32 Å². The molecule has 1 saturated heterocycles. The van der Waals surface area contributed by atoms with E-state index in [1.807, 2.05) is 0 Å². The molecule has 1 aromatic rings. The van der Waals surface area contributed by atoms with Gasteiger partial charge in [-0.15, -0.1) is 0 Å². The minimum atomic E-state index is -0.599. The minimum Gasteiger partial charge on any atom is -0.343 e. The Morgan fingerprint density at radius 2 is 1.61 bits per heavy atom. The molecule has 1 aliphatic heterocycles. The van der Waals surface area contributed by atoms with E-state index in [0.717, 1.165) is 55.2 Å². The second-order valence-electron chi connectivity index (χ2n) is 7.13. The molecule has 1 saturated carbocycles. The van der Waals surface area contributed by atoms with Crippen LogP contribution >= 0.6 is 0 Å². The highest BCUT2D eigenvalue weighted by Gasteiger charge is 2.53. The van der Waals surface area contributed by atoms with Crippen LogP contribution in [0.1, 0.15) is 74.1 Å². The van der Waals surface area contributed by atoms with Crippen LogP contribution in [0, 0.1) is 6.92 Å². The van der Waals surface area contributed by atoms with Gasteiger partial charge in [0.1, 0.15) is 5.92 Å². The van der Waals surface area contributed by atoms with Crippen molar-refractivity contribution in [2.45, 2.75) is 77.2 Å². The summed E-state index contributed by atoms with van der Waals surface area (Å²) in [5, 5.41) is 3.10. The third kappa shape index (κ3) is 2.60. The number of ketones is 1. The molecule has 3 nitrogen and oxygen atoms in total. The standard InChI is InChI=1S/C20H27NO2/c1-4-14-11-13(3)12-15(5-2)16(14)17-18(22)20(21-19(17)23)9-7-6-8-10-20/h11-12,17H,4-10H2,1-3H3,(H,21,23). The number of hydrogen-bond donors (Lipinski definition) is 1. The molecule has 1 spiro atoms. The minimum absolute atomic E-state index is 0.0786. The smallest absolute Gasteiger partial charge is 0.235 e. The lowest BCUT2D eigenvalue weighted by Crippen LogP contribution is -2.47. The van der Waals surface area contributed by atoms with Gasteiger partial charge in [0, 0.05) is 0 Å². The lowest BCUT2D eigenvalue weighted by atomic mass is 9.75. The number of rotatable bonds is 3. The molecule has 3 rings (SSSR count). The molecular formula is C20H27NO2. The lowest BCUT2D eigenvalue weighted by Gasteiger charge is -2.31. The summed E-state index contributed by atoms with van der Waals surface area (Å²) in [4.78, 5) is 26.0. The Morgan fingerprint density at radius 1 is 1.04 bits per heavy atom. The topological polar surface area (TPSA) is 46.2 Å². The quantitative estimate of drug-likeness (QED) is 0.867. The first-order valence-corrected chi connectivity index (χ1v) is 9.01. The third-order valence-electron chi connectivity index (χ3n) is 5.61. The number of carbonyl (C=O) groups is 2. The fraction of sp³-hybridized carbons (Fsp3) is 0.600. The SMILES string of the molecule is CCc1cc(C)cc(CC)c1C1C(=O)NC2(CCCCC2)C1=O. The molecule has 1 aromatic carbocycles. The molecule has 0 bridgehead atoms. The summed E-state index contributed by atoms with van der Waals surface area (Å²) >= 11 is 0. The Hall–Kier alpha value is -1.64. The summed E-state index contributed by atoms with van der Waals surface area (Å²) in [5.41, 5.74) is 3.93. The van der Waals surface area contributed by atoms with Gasteiger partial charge in [-0.2, -0.15) is 0 Å². The number of benzene rings is 1. The molecule has 1 unspecified atom stereocenters. The highest BCUT2D eigenvalue weighted by Crippen LogP contribution is 2.41. The molecule has 1 amide bonds. The molecule has 1 N–H and O–H groups in total. The first kappa shape index (κ1) is 16.2. The molecular weight excluding hydrogens is 286 g/mol. The number of hydrogen-bond acceptors (Lipinski definition) is 2. The van der Waals surface area contributed by atoms with E-state index < -0.39 is 11.5 Å². The third-order valence-corrected chi connectivity index (χ3v) is 5.61. The molecule has 0 radical (unpaired) electrons. The molecule has 1 aliphatic carbocycles. The van der Waals surface area contributed by atoms with E-state index in [2.05, 4.69) is 38.2 Å². The zero-order valence-electron chi connectivity index (χ0n) is 14.5. The van der Waals surface area contributed by atoms with Gasteiger partial charge in [0.05, 0.1) is 5.54 Å². The second kappa shape index (κ2) is 6.10. The van der Waals surface area contributed by atoms with Crippen LogP contribution in [0.3, 0.4) is 0 Å². The van der Waals surface area contributed by atoms with E-state index >= 15 is 0 Å². The van der Waals surface area contributed by atoms with Crippen LogP contribution < -0.4 is 5.32 Å². The maximum atomic E-state index is 13.2. The average molecular weight is 313 g/mol. The Bertz CT molecular complexity index is 616. The predicted molar refractivity (Wildman–Crippen MR) is 91.6 cm³/mol. The van der Waals surface area contributed by atoms with Crippen LogP contribution in [0.15, 0.2) is 12.1 Å². The number of Topliss-reactive ketones (excluding diaryl/α,β-unsaturated/α-hetero) is 1. The van der Waals surface area contributed by atoms with Crippen LogP contribution in [-0.4, -0.2) is 17.2 Å². The monoisotopic (exact) mass is 313 g/mol. The van der Waals surface area contributed by atoms with E-state index in [1.165, 1.54) is 12.0 Å². The van der Waals surface area contributed by atoms with Crippen molar-refractivity contribution in [3.8, 4) is 0 Å². The number of carbonyl (C=O) groups excluding carboxylic acids is 2. The Kier molecular flexibility index (Phi) is 4.31. The van der Waals surface area contributed by atoms with Crippen molar-refractivity contribution in [1.82, 2.24) is 5.32 Å². The molecule has 0 aromatic heterocycles. The van der Waals surface area contributed by atoms with Crippen molar-refractivity contribution in [2.75, 3.05) is 0 Å². The van der Waals surface area contributed by atoms with Crippen molar-refractivity contribution in [3.05, 3.63) is 34.4 Å². The van der Waals surface area contributed by atoms with Crippen LogP contribution in [0.2, 0.25) is 0 Å². The summed E-state index contributed by atoms with van der Waals surface area (Å²) in [5.74, 6) is -0.556. The molecule has 23 heavy (non-hydrogen) atoms. The fourth-order valence-corrected chi connectivity index (χ4v) is 4.46. The summed E-state index contributed by atoms with van der Waals surface area (Å²) in [6, 6.07) is 4.28. The fourth-order valence-electron chi connectivity index (χ4n) is 4.46. The van der Waals surface area contributed by atoms with Crippen LogP contribution in [0.5, 0.6) is 0 Å². The highest BCUT2D eigenvalue weighted by molar-refractivity contribution is 6.17. The normalized spacial score (nSPS) is 23.3. The summed E-state index contributed by atoms with van der Waals surface area (Å²) in [6.45, 7) is 6.29. The Morgan fingerprint density at radius 3 is 2.13 bits per heavy atom. The van der Waals surface area contributed by atoms with Gasteiger partial charge >= 0.3 is 0 Å². The maximum absolute atomic E-state index is 13.2. The van der Waals surface area contributed by atoms with Gasteiger partial charge in [0.25, 0.3) is 0 Å². The predicted octanol–water partition coefficient (Wildman–Crippen LogP) is 3.61. The number of nitrogens with one attached hydrogen (secondary N) is 1. The molecule has 124 valence electrons. The van der Waals surface area contributed by atoms with E-state index in [9.17, 15) is 9.59 Å². The first-order valence-electron chi connectivity index (χ1n) is 9.01. The van der Waals surface area contributed by atoms with E-state index in [-0.39, 0.29) is 11.7 Å². The van der Waals surface area contributed by atoms with E-state index in [0.29, 0.717) is 0 Å². The molecule has 2 fully saturated rings. The van der Waals surface area contributed by atoms with Crippen LogP contribution in [-0.2, 0) is 22.4 Å². The largest absolute Gasteiger partial charge is 0.343 e. The van der Waals surface area contributed by atoms with Crippen molar-refractivity contribution < 1.29 is 9.59 Å². The summed E-state index contributed by atoms with van der Waals surface area (Å²) in [7, 11) is 0. The summed E-state index contributed by atoms with van der Waals surface area (Å²) in [6.07, 6.45) is 6.57. The van der Waals surface area contributed by atoms with Crippen LogP contribution in [0.25, 0.3) is 0 Å². The Labute approximate surface area is 138 Å². The zero-order valence-corrected chi connectivity index (χ0v) is 14.5. The highest BCUT2D eigenvalue weighted by atomic mass is 16.2. The first-order chi connectivity index (χ1) is 11.0. The average Bonchev–Trinajstić information content (AvgIpc) is 2.78. The zero-order chi connectivity index (χ0) is 16.6. The van der Waals surface area contributed by atoms with Gasteiger partial charge in [0.15, 0.2) is 5.78 Å². The lowest BCUT2D eigenvalue weighted by molar-refractivity contribution is -0.125. The van der Waals surface area contributed by atoms with E-state index in [1.54, 1.807) is 0 Å². The van der Waals surface area contributed by atoms with Gasteiger partial charge in [-0.25, -0.2) is 0 Å². The second-order valence-corrected chi connectivity index (χ2v) is 7.13. The summed E-state index contributed by atoms with van der Waals surface area (Å²) < 4.78 is 0. The molecule has 2 aliphatic rings. The number of amides is 1. The van der Waals surface area contributed by atoms with Crippen molar-refractivity contribution in [1.29, 1.82) is 0 Å². The van der Waals surface area contributed by atoms with Crippen molar-refractivity contribution in [3.63, 3.8) is 0 Å². The number of aryl methyl sites for hydroxylation is 3. The Balaban J connectivity index is 2.08. The van der Waals surface area contributed by atoms with E-state index in [4.69, 9.17) is 0 Å². The maximum Gasteiger partial charge on any atom is 0.235 e. The van der Waals surface area contributed by atoms with Gasteiger partial charge in [-0.1, -0.05) is 50.8 Å².